The molecule has 0 amide bonds. The number of hydrogen-bond acceptors (Lipinski definition) is 3. The summed E-state index contributed by atoms with van der Waals surface area (Å²) in [6.07, 6.45) is 7.87. The molecule has 114 valence electrons. The minimum absolute atomic E-state index is 0.186. The van der Waals surface area contributed by atoms with Crippen molar-refractivity contribution in [2.24, 2.45) is 5.92 Å². The maximum Gasteiger partial charge on any atom is 0.269 e. The van der Waals surface area contributed by atoms with Gasteiger partial charge in [0.1, 0.15) is 0 Å². The van der Waals surface area contributed by atoms with Crippen LogP contribution in [0, 0.1) is 16.0 Å². The molecule has 0 radical (unpaired) electrons. The number of alkyl halides is 1. The summed E-state index contributed by atoms with van der Waals surface area (Å²) in [5, 5.41) is 11.6. The minimum Gasteiger partial charge on any atom is -0.368 e. The number of nitrogens with zero attached hydrogens (tertiary/aromatic N) is 2. The Morgan fingerprint density at radius 3 is 2.76 bits per heavy atom. The van der Waals surface area contributed by atoms with Crippen LogP contribution in [-0.4, -0.2) is 17.5 Å². The minimum atomic E-state index is -0.310. The van der Waals surface area contributed by atoms with Crippen LogP contribution in [-0.2, 0) is 5.33 Å². The van der Waals surface area contributed by atoms with Gasteiger partial charge in [-0.2, -0.15) is 0 Å². The molecule has 1 saturated carbocycles. The molecule has 1 aromatic rings. The molecule has 1 aliphatic carbocycles. The maximum atomic E-state index is 11.0. The van der Waals surface area contributed by atoms with Gasteiger partial charge in [0.15, 0.2) is 0 Å². The quantitative estimate of drug-likeness (QED) is 0.451. The van der Waals surface area contributed by atoms with E-state index in [2.05, 4.69) is 20.8 Å². The smallest absolute Gasteiger partial charge is 0.269 e. The number of fused-ring (bicyclic) bond motifs is 1. The number of nitro groups is 1. The molecule has 0 N–H and O–H groups in total. The Kier molecular flexibility index (Phi) is 4.48. The molecule has 0 spiro atoms. The number of hydrogen-bond donors (Lipinski definition) is 0. The van der Waals surface area contributed by atoms with Crippen molar-refractivity contribution in [1.29, 1.82) is 0 Å². The van der Waals surface area contributed by atoms with Gasteiger partial charge in [-0.15, -0.1) is 0 Å². The number of non-ortho nitro benzene ring substituents is 1. The second-order valence-electron chi connectivity index (χ2n) is 6.15. The predicted molar refractivity (Wildman–Crippen MR) is 88.1 cm³/mol. The Hall–Kier alpha value is -1.10. The molecule has 3 rings (SSSR count). The molecule has 4 nitrogen and oxygen atoms in total. The number of halogens is 1. The van der Waals surface area contributed by atoms with E-state index in [0.29, 0.717) is 11.4 Å². The first-order valence-corrected chi connectivity index (χ1v) is 8.93. The molecule has 1 saturated heterocycles. The first-order chi connectivity index (χ1) is 10.2. The molecule has 21 heavy (non-hydrogen) atoms. The molecule has 1 aromatic carbocycles. The lowest BCUT2D eigenvalue weighted by molar-refractivity contribution is -0.384. The molecular weight excluding hydrogens is 332 g/mol. The Labute approximate surface area is 133 Å². The van der Waals surface area contributed by atoms with Crippen molar-refractivity contribution in [2.75, 3.05) is 11.4 Å². The zero-order valence-corrected chi connectivity index (χ0v) is 13.7. The van der Waals surface area contributed by atoms with Gasteiger partial charge in [0.25, 0.3) is 5.69 Å². The standard InChI is InChI=1S/C16H21BrN2O2/c17-11-13-10-14(19(20)21)7-8-16(13)18-9-3-5-12-4-1-2-6-15(12)18/h7-8,10,12,15H,1-6,9,11H2/t12-,15-/m1/s1. The third-order valence-electron chi connectivity index (χ3n) is 4.97. The summed E-state index contributed by atoms with van der Waals surface area (Å²) in [7, 11) is 0. The van der Waals surface area contributed by atoms with E-state index in [4.69, 9.17) is 0 Å². The average Bonchev–Trinajstić information content (AvgIpc) is 2.53. The molecule has 5 heteroatoms. The van der Waals surface area contributed by atoms with E-state index in [-0.39, 0.29) is 10.6 Å². The first kappa shape index (κ1) is 14.8. The second kappa shape index (κ2) is 6.34. The highest BCUT2D eigenvalue weighted by molar-refractivity contribution is 9.08. The third kappa shape index (κ3) is 2.93. The largest absolute Gasteiger partial charge is 0.368 e. The van der Waals surface area contributed by atoms with Gasteiger partial charge in [0, 0.05) is 35.7 Å². The summed E-state index contributed by atoms with van der Waals surface area (Å²) >= 11 is 3.50. The second-order valence-corrected chi connectivity index (χ2v) is 6.71. The lowest BCUT2D eigenvalue weighted by Crippen LogP contribution is -2.47. The van der Waals surface area contributed by atoms with Gasteiger partial charge in [-0.05, 0) is 43.2 Å². The fraction of sp³-hybridized carbons (Fsp3) is 0.625. The van der Waals surface area contributed by atoms with Crippen molar-refractivity contribution < 1.29 is 4.92 Å². The predicted octanol–water partition coefficient (Wildman–Crippen LogP) is 4.65. The molecule has 0 aromatic heterocycles. The van der Waals surface area contributed by atoms with Crippen molar-refractivity contribution in [2.45, 2.75) is 49.9 Å². The van der Waals surface area contributed by atoms with E-state index < -0.39 is 0 Å². The highest BCUT2D eigenvalue weighted by Crippen LogP contribution is 2.39. The van der Waals surface area contributed by atoms with Gasteiger partial charge in [-0.25, -0.2) is 0 Å². The normalized spacial score (nSPS) is 25.5. The van der Waals surface area contributed by atoms with Gasteiger partial charge in [0.2, 0.25) is 0 Å². The van der Waals surface area contributed by atoms with Crippen LogP contribution in [0.4, 0.5) is 11.4 Å². The van der Waals surface area contributed by atoms with Gasteiger partial charge >= 0.3 is 0 Å². The Morgan fingerprint density at radius 1 is 1.24 bits per heavy atom. The van der Waals surface area contributed by atoms with Crippen molar-refractivity contribution in [3.05, 3.63) is 33.9 Å². The lowest BCUT2D eigenvalue weighted by atomic mass is 9.78. The van der Waals surface area contributed by atoms with Crippen LogP contribution in [0.5, 0.6) is 0 Å². The topological polar surface area (TPSA) is 46.4 Å². The fourth-order valence-electron chi connectivity index (χ4n) is 4.00. The van der Waals surface area contributed by atoms with Crippen LogP contribution in [0.2, 0.25) is 0 Å². The number of rotatable bonds is 3. The average molecular weight is 353 g/mol. The van der Waals surface area contributed by atoms with Crippen LogP contribution >= 0.6 is 15.9 Å². The third-order valence-corrected chi connectivity index (χ3v) is 5.57. The number of nitro benzene ring substituents is 1. The highest BCUT2D eigenvalue weighted by atomic mass is 79.9. The molecule has 1 aliphatic heterocycles. The molecule has 2 aliphatic rings. The van der Waals surface area contributed by atoms with Gasteiger partial charge in [-0.1, -0.05) is 28.8 Å². The monoisotopic (exact) mass is 352 g/mol. The number of piperidine rings is 1. The number of anilines is 1. The maximum absolute atomic E-state index is 11.0. The molecule has 2 fully saturated rings. The zero-order valence-electron chi connectivity index (χ0n) is 12.1. The Morgan fingerprint density at radius 2 is 2.00 bits per heavy atom. The molecule has 1 heterocycles. The van der Waals surface area contributed by atoms with E-state index in [1.807, 2.05) is 6.07 Å². The van der Waals surface area contributed by atoms with E-state index >= 15 is 0 Å². The summed E-state index contributed by atoms with van der Waals surface area (Å²) in [4.78, 5) is 13.2. The van der Waals surface area contributed by atoms with Crippen molar-refractivity contribution >= 4 is 27.3 Å². The molecular formula is C16H21BrN2O2. The number of benzene rings is 1. The molecule has 0 bridgehead atoms. The van der Waals surface area contributed by atoms with E-state index in [1.54, 1.807) is 12.1 Å². The first-order valence-electron chi connectivity index (χ1n) is 7.80. The van der Waals surface area contributed by atoms with E-state index in [9.17, 15) is 10.1 Å². The van der Waals surface area contributed by atoms with Crippen molar-refractivity contribution in [3.63, 3.8) is 0 Å². The van der Waals surface area contributed by atoms with Gasteiger partial charge in [-0.3, -0.25) is 10.1 Å². The Balaban J connectivity index is 1.92. The molecule has 0 unspecified atom stereocenters. The van der Waals surface area contributed by atoms with Gasteiger partial charge < -0.3 is 4.90 Å². The highest BCUT2D eigenvalue weighted by Gasteiger charge is 2.34. The summed E-state index contributed by atoms with van der Waals surface area (Å²) in [5.41, 5.74) is 2.41. The van der Waals surface area contributed by atoms with Crippen molar-refractivity contribution in [3.8, 4) is 0 Å². The zero-order chi connectivity index (χ0) is 14.8. The lowest BCUT2D eigenvalue weighted by Gasteiger charge is -2.46. The van der Waals surface area contributed by atoms with Crippen LogP contribution in [0.15, 0.2) is 18.2 Å². The van der Waals surface area contributed by atoms with Crippen LogP contribution in [0.25, 0.3) is 0 Å². The van der Waals surface area contributed by atoms with E-state index in [0.717, 1.165) is 18.0 Å². The summed E-state index contributed by atoms with van der Waals surface area (Å²) in [5.74, 6) is 0.811. The van der Waals surface area contributed by atoms with Crippen LogP contribution < -0.4 is 4.90 Å². The summed E-state index contributed by atoms with van der Waals surface area (Å²) in [6, 6.07) is 5.95. The van der Waals surface area contributed by atoms with Crippen molar-refractivity contribution in [1.82, 2.24) is 0 Å². The van der Waals surface area contributed by atoms with E-state index in [1.165, 1.54) is 44.2 Å². The molecule has 2 atom stereocenters. The van der Waals surface area contributed by atoms with Crippen LogP contribution in [0.1, 0.15) is 44.1 Å². The summed E-state index contributed by atoms with van der Waals surface area (Å²) in [6.45, 7) is 1.08. The summed E-state index contributed by atoms with van der Waals surface area (Å²) < 4.78 is 0. The SMILES string of the molecule is O=[N+]([O-])c1ccc(N2CCC[C@H]3CCCC[C@H]32)c(CBr)c1. The fourth-order valence-corrected chi connectivity index (χ4v) is 4.45. The Bertz CT molecular complexity index is 533. The van der Waals surface area contributed by atoms with Gasteiger partial charge in [0.05, 0.1) is 4.92 Å². The van der Waals surface area contributed by atoms with Crippen LogP contribution in [0.3, 0.4) is 0 Å².